The summed E-state index contributed by atoms with van der Waals surface area (Å²) in [5.41, 5.74) is 9.40. The van der Waals surface area contributed by atoms with Crippen LogP contribution in [0.1, 0.15) is 18.2 Å². The number of carbonyl (C=O) groups excluding carboxylic acids is 1. The zero-order chi connectivity index (χ0) is 12.5. The van der Waals surface area contributed by atoms with Crippen LogP contribution in [-0.4, -0.2) is 29.5 Å². The van der Waals surface area contributed by atoms with Crippen LogP contribution in [0.25, 0.3) is 10.4 Å². The van der Waals surface area contributed by atoms with Gasteiger partial charge in [-0.1, -0.05) is 35.4 Å². The SMILES string of the molecule is [N-]=[N+]=N[C@H]1C[C@H]2CO[C@H](c3ccccc3)N2C1=O. The summed E-state index contributed by atoms with van der Waals surface area (Å²) in [6.07, 6.45) is 0.203. The van der Waals surface area contributed by atoms with Crippen molar-refractivity contribution in [2.75, 3.05) is 6.61 Å². The van der Waals surface area contributed by atoms with Crippen LogP contribution in [0.5, 0.6) is 0 Å². The molecular formula is C12H12N4O2. The van der Waals surface area contributed by atoms with E-state index in [1.54, 1.807) is 4.90 Å². The smallest absolute Gasteiger partial charge is 0.234 e. The topological polar surface area (TPSA) is 78.3 Å². The predicted octanol–water partition coefficient (Wildman–Crippen LogP) is 2.00. The van der Waals surface area contributed by atoms with Gasteiger partial charge in [-0.05, 0) is 12.0 Å². The van der Waals surface area contributed by atoms with Gasteiger partial charge in [-0.25, -0.2) is 0 Å². The third-order valence-electron chi connectivity index (χ3n) is 3.40. The van der Waals surface area contributed by atoms with Crippen molar-refractivity contribution >= 4 is 5.91 Å². The molecule has 2 aliphatic heterocycles. The highest BCUT2D eigenvalue weighted by Crippen LogP contribution is 2.38. The van der Waals surface area contributed by atoms with E-state index in [2.05, 4.69) is 10.0 Å². The molecule has 2 saturated heterocycles. The Labute approximate surface area is 104 Å². The lowest BCUT2D eigenvalue weighted by Gasteiger charge is -2.22. The minimum Gasteiger partial charge on any atom is -0.352 e. The third-order valence-corrected chi connectivity index (χ3v) is 3.40. The van der Waals surface area contributed by atoms with Crippen molar-refractivity contribution in [3.63, 3.8) is 0 Å². The first-order valence-corrected chi connectivity index (χ1v) is 5.84. The van der Waals surface area contributed by atoms with Crippen LogP contribution in [0.2, 0.25) is 0 Å². The van der Waals surface area contributed by atoms with Crippen molar-refractivity contribution < 1.29 is 9.53 Å². The largest absolute Gasteiger partial charge is 0.352 e. The van der Waals surface area contributed by atoms with Crippen LogP contribution in [-0.2, 0) is 9.53 Å². The van der Waals surface area contributed by atoms with Gasteiger partial charge in [0.25, 0.3) is 0 Å². The Balaban J connectivity index is 1.88. The van der Waals surface area contributed by atoms with E-state index >= 15 is 0 Å². The highest BCUT2D eigenvalue weighted by molar-refractivity contribution is 5.85. The van der Waals surface area contributed by atoms with E-state index in [0.29, 0.717) is 13.0 Å². The Bertz CT molecular complexity index is 512. The summed E-state index contributed by atoms with van der Waals surface area (Å²) in [6.45, 7) is 0.503. The monoisotopic (exact) mass is 244 g/mol. The van der Waals surface area contributed by atoms with E-state index in [1.165, 1.54) is 0 Å². The zero-order valence-corrected chi connectivity index (χ0v) is 9.64. The number of fused-ring (bicyclic) bond motifs is 1. The fourth-order valence-corrected chi connectivity index (χ4v) is 2.60. The van der Waals surface area contributed by atoms with Crippen molar-refractivity contribution in [3.05, 3.63) is 46.3 Å². The maximum absolute atomic E-state index is 12.1. The summed E-state index contributed by atoms with van der Waals surface area (Å²) in [7, 11) is 0. The molecule has 1 amide bonds. The summed E-state index contributed by atoms with van der Waals surface area (Å²) in [4.78, 5) is 16.6. The van der Waals surface area contributed by atoms with Gasteiger partial charge < -0.3 is 9.64 Å². The lowest BCUT2D eigenvalue weighted by molar-refractivity contribution is -0.135. The van der Waals surface area contributed by atoms with E-state index < -0.39 is 6.04 Å². The molecule has 0 bridgehead atoms. The Morgan fingerprint density at radius 2 is 2.17 bits per heavy atom. The van der Waals surface area contributed by atoms with Crippen LogP contribution < -0.4 is 0 Å². The quantitative estimate of drug-likeness (QED) is 0.453. The molecule has 92 valence electrons. The van der Waals surface area contributed by atoms with Crippen LogP contribution in [0, 0.1) is 0 Å². The second-order valence-electron chi connectivity index (χ2n) is 4.45. The average molecular weight is 244 g/mol. The highest BCUT2D eigenvalue weighted by Gasteiger charge is 2.47. The minimum atomic E-state index is -0.574. The molecule has 2 aliphatic rings. The van der Waals surface area contributed by atoms with E-state index in [1.807, 2.05) is 30.3 Å². The van der Waals surface area contributed by atoms with E-state index in [4.69, 9.17) is 10.3 Å². The number of hydrogen-bond donors (Lipinski definition) is 0. The molecule has 3 rings (SSSR count). The molecule has 2 heterocycles. The van der Waals surface area contributed by atoms with Crippen molar-refractivity contribution in [1.82, 2.24) is 4.90 Å². The lowest BCUT2D eigenvalue weighted by atomic mass is 10.2. The van der Waals surface area contributed by atoms with Gasteiger partial charge in [-0.2, -0.15) is 0 Å². The van der Waals surface area contributed by atoms with Crippen LogP contribution in [0.15, 0.2) is 35.4 Å². The molecule has 0 radical (unpaired) electrons. The van der Waals surface area contributed by atoms with Crippen molar-refractivity contribution in [2.24, 2.45) is 5.11 Å². The number of rotatable bonds is 2. The second-order valence-corrected chi connectivity index (χ2v) is 4.45. The minimum absolute atomic E-state index is 0.0261. The maximum atomic E-state index is 12.1. The average Bonchev–Trinajstić information content (AvgIpc) is 2.93. The molecule has 1 aromatic rings. The van der Waals surface area contributed by atoms with Gasteiger partial charge in [0.05, 0.1) is 12.6 Å². The van der Waals surface area contributed by atoms with Gasteiger partial charge in [-0.15, -0.1) is 0 Å². The molecule has 6 nitrogen and oxygen atoms in total. The van der Waals surface area contributed by atoms with E-state index in [9.17, 15) is 4.79 Å². The Kier molecular flexibility index (Phi) is 2.66. The standard InChI is InChI=1S/C12H12N4O2/c13-15-14-10-6-9-7-18-12(16(9)11(10)17)8-4-2-1-3-5-8/h1-5,9-10,12H,6-7H2/t9-,10-,12+/m0/s1. The lowest BCUT2D eigenvalue weighted by Crippen LogP contribution is -2.32. The molecule has 2 fully saturated rings. The maximum Gasteiger partial charge on any atom is 0.234 e. The number of amides is 1. The van der Waals surface area contributed by atoms with Crippen molar-refractivity contribution in [3.8, 4) is 0 Å². The third kappa shape index (κ3) is 1.63. The number of benzene rings is 1. The molecule has 0 aliphatic carbocycles. The van der Waals surface area contributed by atoms with Crippen molar-refractivity contribution in [2.45, 2.75) is 24.7 Å². The second kappa shape index (κ2) is 4.33. The molecule has 0 spiro atoms. The Morgan fingerprint density at radius 1 is 1.39 bits per heavy atom. The highest BCUT2D eigenvalue weighted by atomic mass is 16.5. The Hall–Kier alpha value is -2.04. The molecule has 1 aromatic carbocycles. The summed E-state index contributed by atoms with van der Waals surface area (Å²) >= 11 is 0. The van der Waals surface area contributed by atoms with Crippen LogP contribution in [0.3, 0.4) is 0 Å². The van der Waals surface area contributed by atoms with Crippen molar-refractivity contribution in [1.29, 1.82) is 0 Å². The van der Waals surface area contributed by atoms with Gasteiger partial charge >= 0.3 is 0 Å². The normalized spacial score (nSPS) is 30.1. The zero-order valence-electron chi connectivity index (χ0n) is 9.64. The van der Waals surface area contributed by atoms with Gasteiger partial charge in [0.15, 0.2) is 6.23 Å². The van der Waals surface area contributed by atoms with E-state index in [0.717, 1.165) is 5.56 Å². The first-order valence-electron chi connectivity index (χ1n) is 5.84. The first-order chi connectivity index (χ1) is 8.81. The summed E-state index contributed by atoms with van der Waals surface area (Å²) in [5, 5.41) is 3.55. The fraction of sp³-hybridized carbons (Fsp3) is 0.417. The van der Waals surface area contributed by atoms with Gasteiger partial charge in [0.1, 0.15) is 6.04 Å². The van der Waals surface area contributed by atoms with E-state index in [-0.39, 0.29) is 18.2 Å². The van der Waals surface area contributed by atoms with Crippen LogP contribution >= 0.6 is 0 Å². The first kappa shape index (κ1) is 11.1. The number of ether oxygens (including phenoxy) is 1. The molecule has 0 aromatic heterocycles. The number of hydrogen-bond acceptors (Lipinski definition) is 3. The summed E-state index contributed by atoms with van der Waals surface area (Å²) < 4.78 is 5.67. The molecule has 0 N–H and O–H groups in total. The molecule has 6 heteroatoms. The summed E-state index contributed by atoms with van der Waals surface area (Å²) in [6, 6.07) is 9.07. The predicted molar refractivity (Wildman–Crippen MR) is 63.3 cm³/mol. The number of carbonyl (C=O) groups is 1. The molecule has 0 saturated carbocycles. The van der Waals surface area contributed by atoms with Gasteiger partial charge in [0.2, 0.25) is 5.91 Å². The van der Waals surface area contributed by atoms with Gasteiger partial charge in [0, 0.05) is 10.5 Å². The molecular weight excluding hydrogens is 232 g/mol. The Morgan fingerprint density at radius 3 is 2.89 bits per heavy atom. The molecule has 3 atom stereocenters. The van der Waals surface area contributed by atoms with Crippen LogP contribution in [0.4, 0.5) is 0 Å². The number of azide groups is 1. The molecule has 0 unspecified atom stereocenters. The molecule has 18 heavy (non-hydrogen) atoms. The van der Waals surface area contributed by atoms with Gasteiger partial charge in [-0.3, -0.25) is 4.79 Å². The number of nitrogens with zero attached hydrogens (tertiary/aromatic N) is 4. The fourth-order valence-electron chi connectivity index (χ4n) is 2.60. The summed E-state index contributed by atoms with van der Waals surface area (Å²) in [5.74, 6) is -0.135.